The first-order valence-corrected chi connectivity index (χ1v) is 9.89. The Kier molecular flexibility index (Phi) is 4.93. The minimum absolute atomic E-state index is 0.0539. The molecule has 1 N–H and O–H groups in total. The van der Waals surface area contributed by atoms with Crippen LogP contribution in [0.4, 0.5) is 10.5 Å². The molecule has 0 spiro atoms. The number of anilines is 1. The molecule has 2 aliphatic rings. The molecule has 1 aromatic heterocycles. The van der Waals surface area contributed by atoms with Gasteiger partial charge in [-0.1, -0.05) is 18.2 Å². The summed E-state index contributed by atoms with van der Waals surface area (Å²) >= 11 is 1.61. The molecule has 6 nitrogen and oxygen atoms in total. The number of nitrogens with one attached hydrogen (secondary N) is 1. The number of hydrogen-bond acceptors (Lipinski definition) is 5. The van der Waals surface area contributed by atoms with Gasteiger partial charge in [0, 0.05) is 30.6 Å². The van der Waals surface area contributed by atoms with Gasteiger partial charge in [-0.3, -0.25) is 4.90 Å². The maximum Gasteiger partial charge on any atom is 0.321 e. The summed E-state index contributed by atoms with van der Waals surface area (Å²) in [6.45, 7) is 5.11. The molecule has 2 fully saturated rings. The number of hydrogen-bond donors (Lipinski definition) is 1. The lowest BCUT2D eigenvalue weighted by Crippen LogP contribution is -2.60. The summed E-state index contributed by atoms with van der Waals surface area (Å²) in [5.41, 5.74) is 2.67. The minimum atomic E-state index is -0.0539. The maximum atomic E-state index is 12.9. The van der Waals surface area contributed by atoms with Gasteiger partial charge in [0.05, 0.1) is 35.1 Å². The van der Waals surface area contributed by atoms with Gasteiger partial charge in [-0.05, 0) is 26.5 Å². The highest BCUT2D eigenvalue weighted by atomic mass is 32.1. The van der Waals surface area contributed by atoms with Crippen molar-refractivity contribution in [1.82, 2.24) is 14.8 Å². The molecule has 2 saturated heterocycles. The number of thiazole rings is 1. The molecular weight excluding hydrogens is 348 g/mol. The van der Waals surface area contributed by atoms with Crippen LogP contribution < -0.4 is 5.32 Å². The number of ether oxygens (including phenoxy) is 1. The number of likely N-dealkylation sites (N-methyl/N-ethyl adjacent to an activating group) is 1. The average Bonchev–Trinajstić information content (AvgIpc) is 3.08. The van der Waals surface area contributed by atoms with Gasteiger partial charge >= 0.3 is 6.03 Å². The quantitative estimate of drug-likeness (QED) is 0.880. The van der Waals surface area contributed by atoms with E-state index in [-0.39, 0.29) is 18.2 Å². The van der Waals surface area contributed by atoms with Crippen molar-refractivity contribution >= 4 is 23.1 Å². The van der Waals surface area contributed by atoms with E-state index in [1.807, 2.05) is 41.5 Å². The number of aromatic nitrogens is 1. The number of amides is 2. The lowest BCUT2D eigenvalue weighted by molar-refractivity contribution is -0.0875. The highest BCUT2D eigenvalue weighted by Gasteiger charge is 2.37. The Morgan fingerprint density at radius 3 is 3.00 bits per heavy atom. The van der Waals surface area contributed by atoms with Gasteiger partial charge in [0.2, 0.25) is 0 Å². The van der Waals surface area contributed by atoms with Crippen LogP contribution in [0.3, 0.4) is 0 Å². The molecule has 3 heterocycles. The van der Waals surface area contributed by atoms with Crippen LogP contribution in [0.5, 0.6) is 0 Å². The molecule has 2 aliphatic heterocycles. The molecule has 7 heteroatoms. The smallest absolute Gasteiger partial charge is 0.321 e. The largest absolute Gasteiger partial charge is 0.375 e. The maximum absolute atomic E-state index is 12.9. The van der Waals surface area contributed by atoms with E-state index in [0.29, 0.717) is 6.54 Å². The number of fused-ring (bicyclic) bond motifs is 1. The first-order chi connectivity index (χ1) is 12.6. The molecule has 138 valence electrons. The summed E-state index contributed by atoms with van der Waals surface area (Å²) in [6, 6.07) is 8.07. The Balaban J connectivity index is 1.49. The van der Waals surface area contributed by atoms with E-state index in [1.165, 1.54) is 0 Å². The minimum Gasteiger partial charge on any atom is -0.375 e. The molecule has 26 heavy (non-hydrogen) atoms. The van der Waals surface area contributed by atoms with Crippen LogP contribution in [-0.2, 0) is 4.74 Å². The van der Waals surface area contributed by atoms with Gasteiger partial charge in [-0.15, -0.1) is 11.3 Å². The Labute approximate surface area is 157 Å². The number of aryl methyl sites for hydroxylation is 1. The van der Waals surface area contributed by atoms with E-state index in [1.54, 1.807) is 11.3 Å². The van der Waals surface area contributed by atoms with Crippen LogP contribution in [0.25, 0.3) is 11.3 Å². The Hall–Kier alpha value is -1.96. The van der Waals surface area contributed by atoms with Crippen molar-refractivity contribution in [3.05, 3.63) is 34.7 Å². The highest BCUT2D eigenvalue weighted by molar-refractivity contribution is 7.09. The molecule has 0 radical (unpaired) electrons. The summed E-state index contributed by atoms with van der Waals surface area (Å²) in [7, 11) is 2.11. The molecule has 0 bridgehead atoms. The van der Waals surface area contributed by atoms with E-state index < -0.39 is 0 Å². The first kappa shape index (κ1) is 17.5. The van der Waals surface area contributed by atoms with Crippen molar-refractivity contribution < 1.29 is 9.53 Å². The van der Waals surface area contributed by atoms with Crippen molar-refractivity contribution in [3.63, 3.8) is 0 Å². The first-order valence-electron chi connectivity index (χ1n) is 9.01. The summed E-state index contributed by atoms with van der Waals surface area (Å²) in [5.74, 6) is 0. The summed E-state index contributed by atoms with van der Waals surface area (Å²) in [4.78, 5) is 21.6. The van der Waals surface area contributed by atoms with Crippen LogP contribution >= 0.6 is 11.3 Å². The van der Waals surface area contributed by atoms with Gasteiger partial charge in [-0.25, -0.2) is 9.78 Å². The van der Waals surface area contributed by atoms with E-state index in [2.05, 4.69) is 22.2 Å². The number of piperidine rings is 1. The summed E-state index contributed by atoms with van der Waals surface area (Å²) in [5, 5.41) is 6.14. The number of benzene rings is 1. The fourth-order valence-electron chi connectivity index (χ4n) is 3.72. The topological polar surface area (TPSA) is 57.7 Å². The second-order valence-corrected chi connectivity index (χ2v) is 7.98. The molecule has 0 saturated carbocycles. The molecule has 4 rings (SSSR count). The highest BCUT2D eigenvalue weighted by Crippen LogP contribution is 2.29. The molecule has 0 unspecified atom stereocenters. The number of nitrogens with zero attached hydrogens (tertiary/aromatic N) is 3. The predicted octanol–water partition coefficient (Wildman–Crippen LogP) is 3.06. The molecule has 2 aromatic rings. The van der Waals surface area contributed by atoms with Crippen LogP contribution in [0.15, 0.2) is 29.6 Å². The number of rotatable bonds is 2. The standard InChI is InChI=1S/C19H24N4O2S/c1-13-20-16(12-26-13)14-5-3-4-6-15(14)21-19(24)23-8-7-18-17(11-23)22(2)9-10-25-18/h3-6,12,17-18H,7-11H2,1-2H3,(H,21,24)/t17-,18-/m1/s1. The monoisotopic (exact) mass is 372 g/mol. The third-order valence-corrected chi connectivity index (χ3v) is 5.99. The van der Waals surface area contributed by atoms with Crippen LogP contribution in [0, 0.1) is 6.92 Å². The number of carbonyl (C=O) groups is 1. The number of carbonyl (C=O) groups excluding carboxylic acids is 1. The number of morpholine rings is 1. The third-order valence-electron chi connectivity index (χ3n) is 5.21. The molecule has 2 atom stereocenters. The van der Waals surface area contributed by atoms with Crippen molar-refractivity contribution in [1.29, 1.82) is 0 Å². The number of para-hydroxylation sites is 1. The zero-order valence-electron chi connectivity index (χ0n) is 15.1. The average molecular weight is 372 g/mol. The number of urea groups is 1. The van der Waals surface area contributed by atoms with Crippen molar-refractivity contribution in [2.24, 2.45) is 0 Å². The van der Waals surface area contributed by atoms with Crippen molar-refractivity contribution in [2.75, 3.05) is 38.6 Å². The molecule has 2 amide bonds. The predicted molar refractivity (Wildman–Crippen MR) is 104 cm³/mol. The zero-order valence-corrected chi connectivity index (χ0v) is 16.0. The van der Waals surface area contributed by atoms with E-state index in [9.17, 15) is 4.79 Å². The third kappa shape index (κ3) is 3.47. The summed E-state index contributed by atoms with van der Waals surface area (Å²) in [6.07, 6.45) is 1.12. The normalized spacial score (nSPS) is 23.5. The fourth-order valence-corrected chi connectivity index (χ4v) is 4.34. The van der Waals surface area contributed by atoms with E-state index >= 15 is 0 Å². The van der Waals surface area contributed by atoms with E-state index in [0.717, 1.165) is 48.1 Å². The van der Waals surface area contributed by atoms with Gasteiger partial charge in [0.1, 0.15) is 0 Å². The Bertz CT molecular complexity index is 793. The Morgan fingerprint density at radius 2 is 2.19 bits per heavy atom. The van der Waals surface area contributed by atoms with Gasteiger partial charge in [0.25, 0.3) is 0 Å². The molecule has 0 aliphatic carbocycles. The second-order valence-electron chi connectivity index (χ2n) is 6.92. The van der Waals surface area contributed by atoms with Crippen LogP contribution in [-0.4, -0.2) is 66.2 Å². The Morgan fingerprint density at radius 1 is 1.35 bits per heavy atom. The fraction of sp³-hybridized carbons (Fsp3) is 0.474. The molecule has 1 aromatic carbocycles. The van der Waals surface area contributed by atoms with E-state index in [4.69, 9.17) is 4.74 Å². The zero-order chi connectivity index (χ0) is 18.1. The van der Waals surface area contributed by atoms with Crippen molar-refractivity contribution in [3.8, 4) is 11.3 Å². The lowest BCUT2D eigenvalue weighted by Gasteiger charge is -2.45. The van der Waals surface area contributed by atoms with Crippen LogP contribution in [0.1, 0.15) is 11.4 Å². The lowest BCUT2D eigenvalue weighted by atomic mass is 9.99. The van der Waals surface area contributed by atoms with Crippen molar-refractivity contribution in [2.45, 2.75) is 25.5 Å². The van der Waals surface area contributed by atoms with Gasteiger partial charge < -0.3 is 15.0 Å². The SMILES string of the molecule is Cc1nc(-c2ccccc2NC(=O)N2CC[C@H]3OCCN(C)[C@@H]3C2)cs1. The second kappa shape index (κ2) is 7.34. The number of likely N-dealkylation sites (tertiary alicyclic amines) is 1. The van der Waals surface area contributed by atoms with Crippen LogP contribution in [0.2, 0.25) is 0 Å². The van der Waals surface area contributed by atoms with Gasteiger partial charge in [-0.2, -0.15) is 0 Å². The molecular formula is C19H24N4O2S. The van der Waals surface area contributed by atoms with Gasteiger partial charge in [0.15, 0.2) is 0 Å². The summed E-state index contributed by atoms with van der Waals surface area (Å²) < 4.78 is 5.87.